The van der Waals surface area contributed by atoms with Crippen molar-refractivity contribution in [3.05, 3.63) is 51.9 Å². The zero-order chi connectivity index (χ0) is 15.2. The summed E-state index contributed by atoms with van der Waals surface area (Å²) in [5.41, 5.74) is 7.17. The van der Waals surface area contributed by atoms with Crippen molar-refractivity contribution < 1.29 is 9.32 Å². The van der Waals surface area contributed by atoms with E-state index in [0.717, 1.165) is 5.69 Å². The van der Waals surface area contributed by atoms with Crippen molar-refractivity contribution in [2.45, 2.75) is 13.5 Å². The summed E-state index contributed by atoms with van der Waals surface area (Å²) in [5, 5.41) is 6.90. The maximum Gasteiger partial charge on any atom is 0.251 e. The number of aryl methyl sites for hydroxylation is 1. The van der Waals surface area contributed by atoms with Crippen molar-refractivity contribution in [1.29, 1.82) is 0 Å². The molecule has 0 saturated heterocycles. The number of benzene rings is 1. The molecule has 5 nitrogen and oxygen atoms in total. The SMILES string of the molecule is Cc1cc(CNC(=O)c2ccc(C#CCN)c(Cl)c2)on1. The van der Waals surface area contributed by atoms with E-state index in [2.05, 4.69) is 22.3 Å². The molecule has 0 saturated carbocycles. The number of rotatable bonds is 3. The first-order valence-electron chi connectivity index (χ1n) is 6.29. The molecule has 2 rings (SSSR count). The molecule has 3 N–H and O–H groups in total. The van der Waals surface area contributed by atoms with E-state index in [0.29, 0.717) is 21.9 Å². The zero-order valence-electron chi connectivity index (χ0n) is 11.4. The van der Waals surface area contributed by atoms with Crippen LogP contribution in [0.4, 0.5) is 0 Å². The third-order valence-corrected chi connectivity index (χ3v) is 2.97. The van der Waals surface area contributed by atoms with Crippen LogP contribution in [0.2, 0.25) is 5.02 Å². The largest absolute Gasteiger partial charge is 0.359 e. The maximum atomic E-state index is 12.0. The zero-order valence-corrected chi connectivity index (χ0v) is 12.2. The van der Waals surface area contributed by atoms with Gasteiger partial charge in [0.25, 0.3) is 5.91 Å². The van der Waals surface area contributed by atoms with Crippen molar-refractivity contribution in [2.24, 2.45) is 5.73 Å². The Bertz CT molecular complexity index is 713. The van der Waals surface area contributed by atoms with Gasteiger partial charge in [0, 0.05) is 17.2 Å². The minimum absolute atomic E-state index is 0.246. The van der Waals surface area contributed by atoms with Crippen molar-refractivity contribution >= 4 is 17.5 Å². The third kappa shape index (κ3) is 4.09. The molecule has 1 aromatic carbocycles. The average molecular weight is 304 g/mol. The molecule has 0 aliphatic heterocycles. The number of carbonyl (C=O) groups excluding carboxylic acids is 1. The van der Waals surface area contributed by atoms with Gasteiger partial charge >= 0.3 is 0 Å². The molecule has 1 aromatic heterocycles. The highest BCUT2D eigenvalue weighted by Crippen LogP contribution is 2.17. The summed E-state index contributed by atoms with van der Waals surface area (Å²) in [6.45, 7) is 2.34. The van der Waals surface area contributed by atoms with E-state index in [1.807, 2.05) is 6.92 Å². The Labute approximate surface area is 127 Å². The van der Waals surface area contributed by atoms with Gasteiger partial charge in [0.15, 0.2) is 5.76 Å². The Morgan fingerprint density at radius 1 is 1.48 bits per heavy atom. The quantitative estimate of drug-likeness (QED) is 0.848. The molecular weight excluding hydrogens is 290 g/mol. The summed E-state index contributed by atoms with van der Waals surface area (Å²) in [6, 6.07) is 6.69. The summed E-state index contributed by atoms with van der Waals surface area (Å²) in [7, 11) is 0. The van der Waals surface area contributed by atoms with Crippen LogP contribution >= 0.6 is 11.6 Å². The summed E-state index contributed by atoms with van der Waals surface area (Å²) >= 11 is 6.08. The van der Waals surface area contributed by atoms with E-state index in [1.54, 1.807) is 24.3 Å². The minimum Gasteiger partial charge on any atom is -0.359 e. The van der Waals surface area contributed by atoms with Crippen LogP contribution in [0.3, 0.4) is 0 Å². The molecule has 0 bridgehead atoms. The van der Waals surface area contributed by atoms with E-state index in [-0.39, 0.29) is 19.0 Å². The molecule has 6 heteroatoms. The molecule has 0 atom stereocenters. The Kier molecular flexibility index (Phi) is 4.99. The van der Waals surface area contributed by atoms with Gasteiger partial charge in [-0.2, -0.15) is 0 Å². The van der Waals surface area contributed by atoms with E-state index >= 15 is 0 Å². The van der Waals surface area contributed by atoms with Gasteiger partial charge in [0.2, 0.25) is 0 Å². The predicted octanol–water partition coefficient (Wildman–Crippen LogP) is 1.88. The molecule has 0 fully saturated rings. The molecule has 108 valence electrons. The Morgan fingerprint density at radius 2 is 2.29 bits per heavy atom. The number of nitrogens with zero attached hydrogens (tertiary/aromatic N) is 1. The second-order valence-electron chi connectivity index (χ2n) is 4.32. The van der Waals surface area contributed by atoms with Gasteiger partial charge in [0.1, 0.15) is 0 Å². The fourth-order valence-electron chi connectivity index (χ4n) is 1.67. The Balaban J connectivity index is 2.04. The van der Waals surface area contributed by atoms with E-state index in [1.165, 1.54) is 0 Å². The summed E-state index contributed by atoms with van der Waals surface area (Å²) in [5.74, 6) is 5.90. The van der Waals surface area contributed by atoms with Crippen LogP contribution in [0.1, 0.15) is 27.4 Å². The number of aromatic nitrogens is 1. The molecule has 21 heavy (non-hydrogen) atoms. The lowest BCUT2D eigenvalue weighted by Crippen LogP contribution is -2.22. The van der Waals surface area contributed by atoms with E-state index in [9.17, 15) is 4.79 Å². The second-order valence-corrected chi connectivity index (χ2v) is 4.73. The number of nitrogens with one attached hydrogen (secondary N) is 1. The highest BCUT2D eigenvalue weighted by atomic mass is 35.5. The molecule has 0 aliphatic carbocycles. The fraction of sp³-hybridized carbons (Fsp3) is 0.200. The lowest BCUT2D eigenvalue weighted by molar-refractivity contribution is 0.0947. The highest BCUT2D eigenvalue weighted by Gasteiger charge is 2.09. The number of carbonyl (C=O) groups is 1. The lowest BCUT2D eigenvalue weighted by atomic mass is 10.1. The monoisotopic (exact) mass is 303 g/mol. The first kappa shape index (κ1) is 15.1. The Morgan fingerprint density at radius 3 is 2.90 bits per heavy atom. The van der Waals surface area contributed by atoms with Crippen molar-refractivity contribution in [2.75, 3.05) is 6.54 Å². The smallest absolute Gasteiger partial charge is 0.251 e. The number of halogens is 1. The number of hydrogen-bond donors (Lipinski definition) is 2. The van der Waals surface area contributed by atoms with Gasteiger partial charge in [-0.3, -0.25) is 4.79 Å². The van der Waals surface area contributed by atoms with Gasteiger partial charge in [-0.15, -0.1) is 0 Å². The highest BCUT2D eigenvalue weighted by molar-refractivity contribution is 6.32. The lowest BCUT2D eigenvalue weighted by Gasteiger charge is -2.04. The number of nitrogens with two attached hydrogens (primary N) is 1. The van der Waals surface area contributed by atoms with Gasteiger partial charge in [-0.25, -0.2) is 0 Å². The van der Waals surface area contributed by atoms with Crippen LogP contribution in [-0.2, 0) is 6.54 Å². The van der Waals surface area contributed by atoms with Crippen LogP contribution in [0, 0.1) is 18.8 Å². The molecule has 0 unspecified atom stereocenters. The first-order chi connectivity index (χ1) is 10.1. The molecular formula is C15H14ClN3O2. The van der Waals surface area contributed by atoms with E-state index in [4.69, 9.17) is 21.9 Å². The summed E-state index contributed by atoms with van der Waals surface area (Å²) in [6.07, 6.45) is 0. The predicted molar refractivity (Wildman–Crippen MR) is 79.8 cm³/mol. The number of amides is 1. The molecule has 0 spiro atoms. The molecule has 1 amide bonds. The standard InChI is InChI=1S/C15H14ClN3O2/c1-10-7-13(21-19-10)9-18-15(20)12-5-4-11(3-2-6-17)14(16)8-12/h4-5,7-8H,6,9,17H2,1H3,(H,18,20). The van der Waals surface area contributed by atoms with Crippen molar-refractivity contribution in [3.8, 4) is 11.8 Å². The van der Waals surface area contributed by atoms with Crippen LogP contribution in [-0.4, -0.2) is 17.6 Å². The fourth-order valence-corrected chi connectivity index (χ4v) is 1.90. The van der Waals surface area contributed by atoms with Crippen LogP contribution in [0.5, 0.6) is 0 Å². The molecule has 2 aromatic rings. The van der Waals surface area contributed by atoms with Crippen molar-refractivity contribution in [1.82, 2.24) is 10.5 Å². The van der Waals surface area contributed by atoms with Gasteiger partial charge in [0.05, 0.1) is 23.8 Å². The van der Waals surface area contributed by atoms with Crippen LogP contribution < -0.4 is 11.1 Å². The van der Waals surface area contributed by atoms with Gasteiger partial charge in [-0.05, 0) is 25.1 Å². The van der Waals surface area contributed by atoms with Crippen molar-refractivity contribution in [3.63, 3.8) is 0 Å². The summed E-state index contributed by atoms with van der Waals surface area (Å²) < 4.78 is 5.02. The molecule has 0 radical (unpaired) electrons. The normalized spacial score (nSPS) is 9.86. The number of hydrogen-bond acceptors (Lipinski definition) is 4. The minimum atomic E-state index is -0.246. The second kappa shape index (κ2) is 6.93. The van der Waals surface area contributed by atoms with Gasteiger partial charge in [-0.1, -0.05) is 28.6 Å². The third-order valence-electron chi connectivity index (χ3n) is 2.66. The molecule has 1 heterocycles. The maximum absolute atomic E-state index is 12.0. The first-order valence-corrected chi connectivity index (χ1v) is 6.67. The molecule has 0 aliphatic rings. The summed E-state index contributed by atoms with van der Waals surface area (Å²) in [4.78, 5) is 12.0. The van der Waals surface area contributed by atoms with Crippen LogP contribution in [0.25, 0.3) is 0 Å². The Hall–Kier alpha value is -2.29. The topological polar surface area (TPSA) is 81.2 Å². The van der Waals surface area contributed by atoms with Gasteiger partial charge < -0.3 is 15.6 Å². The average Bonchev–Trinajstić information content (AvgIpc) is 2.89. The van der Waals surface area contributed by atoms with Crippen LogP contribution in [0.15, 0.2) is 28.8 Å². The van der Waals surface area contributed by atoms with E-state index < -0.39 is 0 Å².